The quantitative estimate of drug-likeness (QED) is 0.810. The lowest BCUT2D eigenvalue weighted by Gasteiger charge is -2.34. The van der Waals surface area contributed by atoms with Gasteiger partial charge < -0.3 is 14.2 Å². The van der Waals surface area contributed by atoms with Crippen molar-refractivity contribution < 1.29 is 14.2 Å². The van der Waals surface area contributed by atoms with E-state index in [0.717, 1.165) is 30.2 Å². The predicted octanol–water partition coefficient (Wildman–Crippen LogP) is 1.70. The third-order valence-electron chi connectivity index (χ3n) is 3.47. The maximum absolute atomic E-state index is 9.46. The molecule has 3 rings (SSSR count). The Bertz CT molecular complexity index is 512. The van der Waals surface area contributed by atoms with Gasteiger partial charge in [0.05, 0.1) is 18.8 Å². The fourth-order valence-electron chi connectivity index (χ4n) is 2.53. The number of hydrogen-bond acceptors (Lipinski definition) is 5. The first-order chi connectivity index (χ1) is 9.28. The number of rotatable bonds is 2. The molecule has 5 nitrogen and oxygen atoms in total. The molecule has 0 radical (unpaired) electrons. The summed E-state index contributed by atoms with van der Waals surface area (Å²) in [7, 11) is 0. The fourth-order valence-corrected chi connectivity index (χ4v) is 2.53. The van der Waals surface area contributed by atoms with Crippen LogP contribution >= 0.6 is 0 Å². The minimum absolute atomic E-state index is 0.165. The Hall–Kier alpha value is -1.77. The third-order valence-corrected chi connectivity index (χ3v) is 3.47. The Labute approximate surface area is 112 Å². The SMILES string of the molecule is CC1CN(C(C#N)c2ccc3c(c2)OCO3)CCO1. The van der Waals surface area contributed by atoms with Crippen LogP contribution in [0.3, 0.4) is 0 Å². The monoisotopic (exact) mass is 260 g/mol. The molecule has 2 aliphatic heterocycles. The van der Waals surface area contributed by atoms with E-state index in [1.165, 1.54) is 0 Å². The van der Waals surface area contributed by atoms with E-state index in [2.05, 4.69) is 11.0 Å². The maximum Gasteiger partial charge on any atom is 0.231 e. The zero-order valence-electron chi connectivity index (χ0n) is 10.8. The lowest BCUT2D eigenvalue weighted by atomic mass is 10.0. The van der Waals surface area contributed by atoms with Crippen molar-refractivity contribution >= 4 is 0 Å². The number of morpholine rings is 1. The second-order valence-electron chi connectivity index (χ2n) is 4.82. The van der Waals surface area contributed by atoms with E-state index in [9.17, 15) is 5.26 Å². The molecular formula is C14H16N2O3. The molecule has 1 saturated heterocycles. The average Bonchev–Trinajstić information content (AvgIpc) is 2.87. The number of fused-ring (bicyclic) bond motifs is 1. The zero-order valence-corrected chi connectivity index (χ0v) is 10.8. The molecule has 100 valence electrons. The van der Waals surface area contributed by atoms with Crippen molar-refractivity contribution in [2.24, 2.45) is 0 Å². The minimum atomic E-state index is -0.263. The molecule has 1 aromatic carbocycles. The van der Waals surface area contributed by atoms with Crippen molar-refractivity contribution in [2.75, 3.05) is 26.5 Å². The first-order valence-electron chi connectivity index (χ1n) is 6.43. The summed E-state index contributed by atoms with van der Waals surface area (Å²) < 4.78 is 16.2. The summed E-state index contributed by atoms with van der Waals surface area (Å²) in [5.41, 5.74) is 0.945. The van der Waals surface area contributed by atoms with Crippen LogP contribution in [-0.4, -0.2) is 37.5 Å². The molecule has 0 N–H and O–H groups in total. The summed E-state index contributed by atoms with van der Waals surface area (Å²) in [6.45, 7) is 4.50. The molecule has 0 amide bonds. The lowest BCUT2D eigenvalue weighted by Crippen LogP contribution is -2.42. The van der Waals surface area contributed by atoms with Crippen LogP contribution in [0.15, 0.2) is 18.2 Å². The molecule has 2 atom stereocenters. The molecule has 1 aromatic rings. The first-order valence-corrected chi connectivity index (χ1v) is 6.43. The van der Waals surface area contributed by atoms with Crippen LogP contribution in [-0.2, 0) is 4.74 Å². The second kappa shape index (κ2) is 5.08. The molecule has 0 saturated carbocycles. The van der Waals surface area contributed by atoms with E-state index in [0.29, 0.717) is 6.61 Å². The van der Waals surface area contributed by atoms with Gasteiger partial charge in [0.25, 0.3) is 0 Å². The summed E-state index contributed by atoms with van der Waals surface area (Å²) in [5, 5.41) is 9.46. The van der Waals surface area contributed by atoms with Gasteiger partial charge in [-0.1, -0.05) is 6.07 Å². The van der Waals surface area contributed by atoms with Gasteiger partial charge in [-0.15, -0.1) is 0 Å². The second-order valence-corrected chi connectivity index (χ2v) is 4.82. The smallest absolute Gasteiger partial charge is 0.231 e. The van der Waals surface area contributed by atoms with Crippen molar-refractivity contribution in [1.29, 1.82) is 5.26 Å². The first kappa shape index (κ1) is 12.3. The van der Waals surface area contributed by atoms with E-state index < -0.39 is 0 Å². The van der Waals surface area contributed by atoms with Crippen molar-refractivity contribution in [3.63, 3.8) is 0 Å². The van der Waals surface area contributed by atoms with E-state index in [1.54, 1.807) is 0 Å². The van der Waals surface area contributed by atoms with Crippen LogP contribution in [0.4, 0.5) is 0 Å². The molecule has 0 aliphatic carbocycles. The molecule has 1 fully saturated rings. The highest BCUT2D eigenvalue weighted by molar-refractivity contribution is 5.46. The molecule has 2 unspecified atom stereocenters. The van der Waals surface area contributed by atoms with Crippen molar-refractivity contribution in [3.05, 3.63) is 23.8 Å². The number of benzene rings is 1. The van der Waals surface area contributed by atoms with Gasteiger partial charge >= 0.3 is 0 Å². The molecular weight excluding hydrogens is 244 g/mol. The van der Waals surface area contributed by atoms with Gasteiger partial charge in [0, 0.05) is 13.1 Å². The van der Waals surface area contributed by atoms with Gasteiger partial charge in [-0.2, -0.15) is 5.26 Å². The summed E-state index contributed by atoms with van der Waals surface area (Å²) in [4.78, 5) is 2.14. The highest BCUT2D eigenvalue weighted by Gasteiger charge is 2.26. The summed E-state index contributed by atoms with van der Waals surface area (Å²) in [5.74, 6) is 1.47. The molecule has 0 aromatic heterocycles. The van der Waals surface area contributed by atoms with Crippen LogP contribution in [0.2, 0.25) is 0 Å². The van der Waals surface area contributed by atoms with Crippen LogP contribution in [0, 0.1) is 11.3 Å². The van der Waals surface area contributed by atoms with Crippen LogP contribution < -0.4 is 9.47 Å². The summed E-state index contributed by atoms with van der Waals surface area (Å²) in [6.07, 6.45) is 0.165. The Morgan fingerprint density at radius 1 is 1.37 bits per heavy atom. The highest BCUT2D eigenvalue weighted by atomic mass is 16.7. The topological polar surface area (TPSA) is 54.7 Å². The Morgan fingerprint density at radius 3 is 3.00 bits per heavy atom. The standard InChI is InChI=1S/C14H16N2O3/c1-10-8-16(4-5-17-10)12(7-15)11-2-3-13-14(6-11)19-9-18-13/h2-3,6,10,12H,4-5,8-9H2,1H3. The Morgan fingerprint density at radius 2 is 2.21 bits per heavy atom. The van der Waals surface area contributed by atoms with E-state index in [4.69, 9.17) is 14.2 Å². The fraction of sp³-hybridized carbons (Fsp3) is 0.500. The number of hydrogen-bond donors (Lipinski definition) is 0. The van der Waals surface area contributed by atoms with Crippen molar-refractivity contribution in [2.45, 2.75) is 19.1 Å². The number of nitrogens with zero attached hydrogens (tertiary/aromatic N) is 2. The minimum Gasteiger partial charge on any atom is -0.454 e. The summed E-state index contributed by atoms with van der Waals surface area (Å²) in [6, 6.07) is 7.81. The lowest BCUT2D eigenvalue weighted by molar-refractivity contribution is -0.0269. The highest BCUT2D eigenvalue weighted by Crippen LogP contribution is 2.35. The van der Waals surface area contributed by atoms with Crippen LogP contribution in [0.5, 0.6) is 11.5 Å². The van der Waals surface area contributed by atoms with E-state index in [-0.39, 0.29) is 18.9 Å². The number of ether oxygens (including phenoxy) is 3. The molecule has 19 heavy (non-hydrogen) atoms. The van der Waals surface area contributed by atoms with Gasteiger partial charge in [-0.3, -0.25) is 4.90 Å². The van der Waals surface area contributed by atoms with Gasteiger partial charge in [0.1, 0.15) is 6.04 Å². The van der Waals surface area contributed by atoms with E-state index >= 15 is 0 Å². The molecule has 0 spiro atoms. The van der Waals surface area contributed by atoms with Crippen molar-refractivity contribution in [3.8, 4) is 17.6 Å². The molecule has 2 aliphatic rings. The van der Waals surface area contributed by atoms with Gasteiger partial charge in [0.2, 0.25) is 6.79 Å². The Kier molecular flexibility index (Phi) is 3.28. The third kappa shape index (κ3) is 2.37. The molecule has 0 bridgehead atoms. The molecule has 2 heterocycles. The van der Waals surface area contributed by atoms with Gasteiger partial charge in [0.15, 0.2) is 11.5 Å². The Balaban J connectivity index is 1.84. The maximum atomic E-state index is 9.46. The molecule has 5 heteroatoms. The largest absolute Gasteiger partial charge is 0.454 e. The normalized spacial score (nSPS) is 23.9. The number of nitriles is 1. The van der Waals surface area contributed by atoms with E-state index in [1.807, 2.05) is 25.1 Å². The van der Waals surface area contributed by atoms with Gasteiger partial charge in [-0.05, 0) is 24.6 Å². The summed E-state index contributed by atoms with van der Waals surface area (Å²) >= 11 is 0. The average molecular weight is 260 g/mol. The zero-order chi connectivity index (χ0) is 13.2. The van der Waals surface area contributed by atoms with Crippen LogP contribution in [0.1, 0.15) is 18.5 Å². The van der Waals surface area contributed by atoms with Crippen LogP contribution in [0.25, 0.3) is 0 Å². The van der Waals surface area contributed by atoms with Gasteiger partial charge in [-0.25, -0.2) is 0 Å². The van der Waals surface area contributed by atoms with Crippen molar-refractivity contribution in [1.82, 2.24) is 4.90 Å². The predicted molar refractivity (Wildman–Crippen MR) is 67.9 cm³/mol.